The number of aromatic amines is 1. The van der Waals surface area contributed by atoms with Crippen LogP contribution in [0.15, 0.2) is 53.3 Å². The first-order chi connectivity index (χ1) is 12.0. The molecule has 0 saturated carbocycles. The fourth-order valence-electron chi connectivity index (χ4n) is 2.69. The number of rotatable bonds is 0. The number of fused-ring (bicyclic) bond motifs is 2. The van der Waals surface area contributed by atoms with Gasteiger partial charge < -0.3 is 9.97 Å². The first-order valence-electron chi connectivity index (χ1n) is 8.31. The number of H-pyrrole nitrogens is 1. The van der Waals surface area contributed by atoms with Crippen molar-refractivity contribution >= 4 is 30.2 Å². The number of benzene rings is 2. The summed E-state index contributed by atoms with van der Waals surface area (Å²) >= 11 is 0. The topological polar surface area (TPSA) is 45.8 Å². The van der Waals surface area contributed by atoms with Crippen LogP contribution in [-0.4, -0.2) is 18.4 Å². The average Bonchev–Trinajstić information content (AvgIpc) is 2.61. The van der Waals surface area contributed by atoms with E-state index in [1.54, 1.807) is 0 Å². The third-order valence-corrected chi connectivity index (χ3v) is 4.45. The fourth-order valence-corrected chi connectivity index (χ4v) is 2.69. The van der Waals surface area contributed by atoms with E-state index in [1.807, 2.05) is 76.2 Å². The largest absolute Gasteiger partial charge is 0.358 e. The zero-order valence-electron chi connectivity index (χ0n) is 16.1. The van der Waals surface area contributed by atoms with E-state index in [0.717, 1.165) is 44.3 Å². The predicted octanol–water partition coefficient (Wildman–Crippen LogP) is 5.05. The van der Waals surface area contributed by atoms with Gasteiger partial charge in [0.15, 0.2) is 5.43 Å². The second kappa shape index (κ2) is 11.3. The molecule has 0 bridgehead atoms. The maximum atomic E-state index is 11.7. The number of hydrogen-bond donors (Lipinski definition) is 1. The smallest absolute Gasteiger partial charge is 0.192 e. The Bertz CT molecular complexity index is 1080. The third kappa shape index (κ3) is 5.62. The van der Waals surface area contributed by atoms with Gasteiger partial charge in [-0.15, -0.1) is 29.1 Å². The quantitative estimate of drug-likeness (QED) is 0.304. The molecule has 5 heteroatoms. The van der Waals surface area contributed by atoms with E-state index in [2.05, 4.69) is 16.0 Å². The van der Waals surface area contributed by atoms with Crippen LogP contribution in [0, 0.1) is 33.8 Å². The molecule has 28 heavy (non-hydrogen) atoms. The molecular formula is C23H25BN2OY-. The maximum Gasteiger partial charge on any atom is 0.192 e. The Morgan fingerprint density at radius 1 is 0.929 bits per heavy atom. The van der Waals surface area contributed by atoms with E-state index in [1.165, 1.54) is 0 Å². The van der Waals surface area contributed by atoms with Crippen LogP contribution in [-0.2, 0) is 32.7 Å². The van der Waals surface area contributed by atoms with Gasteiger partial charge in [0.25, 0.3) is 0 Å². The van der Waals surface area contributed by atoms with Gasteiger partial charge in [0.1, 0.15) is 0 Å². The molecule has 4 rings (SSSR count). The molecule has 0 saturated heterocycles. The van der Waals surface area contributed by atoms with E-state index in [4.69, 9.17) is 0 Å². The van der Waals surface area contributed by atoms with Crippen LogP contribution in [0.5, 0.6) is 0 Å². The van der Waals surface area contributed by atoms with Gasteiger partial charge in [-0.3, -0.25) is 4.79 Å². The van der Waals surface area contributed by atoms with Gasteiger partial charge in [0, 0.05) is 63.3 Å². The van der Waals surface area contributed by atoms with Crippen molar-refractivity contribution in [3.05, 3.63) is 87.3 Å². The molecule has 0 amide bonds. The minimum atomic E-state index is 0. The molecular weight excluding hydrogens is 420 g/mol. The van der Waals surface area contributed by atoms with Crippen molar-refractivity contribution in [3.63, 3.8) is 0 Å². The Balaban J connectivity index is 0.000000471. The van der Waals surface area contributed by atoms with Crippen LogP contribution in [0.25, 0.3) is 21.8 Å². The van der Waals surface area contributed by atoms with Crippen LogP contribution < -0.4 is 5.43 Å². The van der Waals surface area contributed by atoms with Crippen LogP contribution in [0.3, 0.4) is 0 Å². The number of hydrogen-bond acceptors (Lipinski definition) is 2. The number of para-hydroxylation sites is 2. The van der Waals surface area contributed by atoms with Crippen molar-refractivity contribution in [2.75, 3.05) is 0 Å². The third-order valence-electron chi connectivity index (χ3n) is 4.45. The van der Waals surface area contributed by atoms with E-state index < -0.39 is 0 Å². The molecule has 2 aromatic heterocycles. The number of aromatic nitrogens is 2. The van der Waals surface area contributed by atoms with Gasteiger partial charge in [-0.05, 0) is 37.2 Å². The molecule has 0 aliphatic carbocycles. The SMILES string of the molecule is C.Cc1[c-]c2ccccc2nc1C.Cc1[nH]c2ccccc2c(=O)c1C.[B].[Y]. The number of nitrogens with one attached hydrogen (secondary N) is 1. The van der Waals surface area contributed by atoms with Crippen molar-refractivity contribution in [2.24, 2.45) is 0 Å². The van der Waals surface area contributed by atoms with Crippen molar-refractivity contribution in [1.29, 1.82) is 0 Å². The molecule has 0 aliphatic heterocycles. The summed E-state index contributed by atoms with van der Waals surface area (Å²) in [4.78, 5) is 19.4. The molecule has 2 aromatic carbocycles. The standard InChI is InChI=1S/C11H11NO.C11H10N.CH4.B.Y/c1-7-8(2)12-10-6-4-3-5-9(10)11(7)13;1-8-7-10-5-3-4-6-11(10)12-9(8)2;;;/h3-6H,1-2H3,(H,12,13);3-6H,1-2H3;1H4;;/q;-1;;;. The van der Waals surface area contributed by atoms with Gasteiger partial charge in [-0.25, -0.2) is 0 Å². The monoisotopic (exact) mass is 445 g/mol. The Morgan fingerprint density at radius 3 is 2.25 bits per heavy atom. The molecule has 0 fully saturated rings. The van der Waals surface area contributed by atoms with Gasteiger partial charge in [-0.2, -0.15) is 0 Å². The van der Waals surface area contributed by atoms with Crippen LogP contribution in [0.2, 0.25) is 0 Å². The number of nitrogens with zero attached hydrogens (tertiary/aromatic N) is 1. The zero-order valence-corrected chi connectivity index (χ0v) is 19.0. The zero-order chi connectivity index (χ0) is 18.0. The van der Waals surface area contributed by atoms with Crippen LogP contribution in [0.1, 0.15) is 29.9 Å². The van der Waals surface area contributed by atoms with Crippen LogP contribution in [0.4, 0.5) is 0 Å². The van der Waals surface area contributed by atoms with E-state index in [0.29, 0.717) is 0 Å². The minimum Gasteiger partial charge on any atom is -0.358 e. The summed E-state index contributed by atoms with van der Waals surface area (Å²) in [6.07, 6.45) is 0. The average molecular weight is 445 g/mol. The molecule has 2 heterocycles. The molecule has 4 aromatic rings. The van der Waals surface area contributed by atoms with E-state index >= 15 is 0 Å². The van der Waals surface area contributed by atoms with Crippen molar-refractivity contribution in [2.45, 2.75) is 35.1 Å². The Labute approximate surface area is 194 Å². The van der Waals surface area contributed by atoms with E-state index in [9.17, 15) is 4.79 Å². The maximum absolute atomic E-state index is 11.7. The van der Waals surface area contributed by atoms with Gasteiger partial charge in [-0.1, -0.05) is 45.5 Å². The Kier molecular flexibility index (Phi) is 10.6. The molecule has 0 unspecified atom stereocenters. The van der Waals surface area contributed by atoms with Crippen molar-refractivity contribution in [1.82, 2.24) is 9.97 Å². The summed E-state index contributed by atoms with van der Waals surface area (Å²) in [5.74, 6) is 0. The van der Waals surface area contributed by atoms with Gasteiger partial charge >= 0.3 is 0 Å². The Hall–Kier alpha value is -1.77. The molecule has 4 radical (unpaired) electrons. The second-order valence-corrected chi connectivity index (χ2v) is 6.21. The first kappa shape index (κ1) is 26.2. The fraction of sp³-hybridized carbons (Fsp3) is 0.217. The minimum absolute atomic E-state index is 0. The van der Waals surface area contributed by atoms with Gasteiger partial charge in [0.05, 0.1) is 0 Å². The summed E-state index contributed by atoms with van der Waals surface area (Å²) in [6.45, 7) is 7.82. The molecule has 0 atom stereocenters. The number of aryl methyl sites for hydroxylation is 3. The number of pyridine rings is 2. The van der Waals surface area contributed by atoms with Crippen molar-refractivity contribution < 1.29 is 32.7 Å². The summed E-state index contributed by atoms with van der Waals surface area (Å²) in [5, 5.41) is 1.87. The summed E-state index contributed by atoms with van der Waals surface area (Å²) in [7, 11) is 0. The molecule has 0 aliphatic rings. The second-order valence-electron chi connectivity index (χ2n) is 6.21. The normalized spacial score (nSPS) is 9.43. The Morgan fingerprint density at radius 2 is 1.54 bits per heavy atom. The summed E-state index contributed by atoms with van der Waals surface area (Å²) in [5.41, 5.74) is 6.02. The molecule has 1 N–H and O–H groups in total. The van der Waals surface area contributed by atoms with Crippen molar-refractivity contribution in [3.8, 4) is 0 Å². The van der Waals surface area contributed by atoms with Crippen LogP contribution >= 0.6 is 0 Å². The molecule has 140 valence electrons. The molecule has 3 nitrogen and oxygen atoms in total. The first-order valence-corrected chi connectivity index (χ1v) is 8.31. The predicted molar refractivity (Wildman–Crippen MR) is 117 cm³/mol. The van der Waals surface area contributed by atoms with E-state index in [-0.39, 0.29) is 54.0 Å². The van der Waals surface area contributed by atoms with Gasteiger partial charge in [0.2, 0.25) is 0 Å². The summed E-state index contributed by atoms with van der Waals surface area (Å²) < 4.78 is 0. The summed E-state index contributed by atoms with van der Waals surface area (Å²) in [6, 6.07) is 18.9. The molecule has 0 spiro atoms.